The second kappa shape index (κ2) is 9.39. The Kier molecular flexibility index (Phi) is 7.47. The first-order valence-corrected chi connectivity index (χ1v) is 9.09. The van der Waals surface area contributed by atoms with Crippen LogP contribution >= 0.6 is 24.0 Å². The summed E-state index contributed by atoms with van der Waals surface area (Å²) in [6.45, 7) is 4.20. The minimum atomic E-state index is -0.162. The van der Waals surface area contributed by atoms with Crippen molar-refractivity contribution in [2.75, 3.05) is 27.2 Å². The molecule has 0 spiro atoms. The Labute approximate surface area is 170 Å². The van der Waals surface area contributed by atoms with E-state index in [1.807, 2.05) is 17.7 Å². The average molecular weight is 414 g/mol. The lowest BCUT2D eigenvalue weighted by molar-refractivity contribution is 0.0777. The van der Waals surface area contributed by atoms with Crippen molar-refractivity contribution < 1.29 is 9.53 Å². The van der Waals surface area contributed by atoms with Crippen LogP contribution in [0.25, 0.3) is 0 Å². The fourth-order valence-electron chi connectivity index (χ4n) is 3.32. The van der Waals surface area contributed by atoms with Crippen molar-refractivity contribution >= 4 is 29.9 Å². The summed E-state index contributed by atoms with van der Waals surface area (Å²) in [5.74, 6) is 0.536. The Morgan fingerprint density at radius 1 is 1.41 bits per heavy atom. The molecular formula is C18H25Cl2N5O2. The third-order valence-electron chi connectivity index (χ3n) is 4.78. The highest BCUT2D eigenvalue weighted by atomic mass is 35.5. The molecule has 1 amide bonds. The molecule has 0 saturated carbocycles. The van der Waals surface area contributed by atoms with Crippen molar-refractivity contribution in [3.8, 4) is 5.75 Å². The number of ether oxygens (including phenoxy) is 1. The number of carbonyl (C=O) groups is 1. The number of benzene rings is 1. The number of aromatic nitrogens is 3. The van der Waals surface area contributed by atoms with Gasteiger partial charge in [-0.15, -0.1) is 17.5 Å². The molecule has 2 aromatic rings. The molecule has 1 aliphatic rings. The summed E-state index contributed by atoms with van der Waals surface area (Å²) < 4.78 is 7.25. The van der Waals surface area contributed by atoms with Crippen molar-refractivity contribution in [2.24, 2.45) is 0 Å². The highest BCUT2D eigenvalue weighted by Gasteiger charge is 2.25. The molecular weight excluding hydrogens is 389 g/mol. The summed E-state index contributed by atoms with van der Waals surface area (Å²) in [6.07, 6.45) is 1.99. The summed E-state index contributed by atoms with van der Waals surface area (Å²) in [5.41, 5.74) is 2.05. The molecule has 1 aromatic heterocycles. The number of hydrogen-bond donors (Lipinski definition) is 1. The number of piperidine rings is 1. The lowest BCUT2D eigenvalue weighted by atomic mass is 10.1. The van der Waals surface area contributed by atoms with Crippen molar-refractivity contribution in [1.82, 2.24) is 25.2 Å². The van der Waals surface area contributed by atoms with Crippen LogP contribution in [0, 0.1) is 6.92 Å². The smallest absolute Gasteiger partial charge is 0.276 e. The monoisotopic (exact) mass is 413 g/mol. The molecule has 0 radical (unpaired) electrons. The van der Waals surface area contributed by atoms with Crippen molar-refractivity contribution in [3.05, 3.63) is 40.2 Å². The van der Waals surface area contributed by atoms with Crippen molar-refractivity contribution in [1.29, 1.82) is 0 Å². The number of rotatable bonds is 5. The first kappa shape index (κ1) is 21.5. The first-order valence-electron chi connectivity index (χ1n) is 8.71. The largest absolute Gasteiger partial charge is 0.496 e. The van der Waals surface area contributed by atoms with Crippen LogP contribution in [0.5, 0.6) is 5.75 Å². The molecule has 148 valence electrons. The van der Waals surface area contributed by atoms with Crippen LogP contribution in [0.4, 0.5) is 0 Å². The van der Waals surface area contributed by atoms with E-state index in [0.717, 1.165) is 37.2 Å². The lowest BCUT2D eigenvalue weighted by Crippen LogP contribution is -2.30. The lowest BCUT2D eigenvalue weighted by Gasteiger charge is -2.23. The van der Waals surface area contributed by atoms with E-state index in [9.17, 15) is 4.79 Å². The van der Waals surface area contributed by atoms with Crippen molar-refractivity contribution in [3.63, 3.8) is 0 Å². The van der Waals surface area contributed by atoms with Crippen LogP contribution in [-0.2, 0) is 6.54 Å². The van der Waals surface area contributed by atoms with Gasteiger partial charge in [-0.05, 0) is 51.1 Å². The molecule has 0 bridgehead atoms. The molecule has 1 N–H and O–H groups in total. The van der Waals surface area contributed by atoms with Crippen LogP contribution in [0.1, 0.15) is 40.6 Å². The normalized spacial score (nSPS) is 14.5. The van der Waals surface area contributed by atoms with Gasteiger partial charge >= 0.3 is 0 Å². The van der Waals surface area contributed by atoms with E-state index in [-0.39, 0.29) is 18.3 Å². The van der Waals surface area contributed by atoms with E-state index in [1.54, 1.807) is 31.2 Å². The van der Waals surface area contributed by atoms with Gasteiger partial charge in [0, 0.05) is 24.2 Å². The molecule has 27 heavy (non-hydrogen) atoms. The zero-order valence-corrected chi connectivity index (χ0v) is 17.3. The summed E-state index contributed by atoms with van der Waals surface area (Å²) >= 11 is 6.08. The van der Waals surface area contributed by atoms with Gasteiger partial charge in [-0.3, -0.25) is 4.79 Å². The SMILES string of the molecule is COc1ccc(Cl)cc1CN(C)C(=O)c1nnn(C2CCNCC2)c1C.Cl. The van der Waals surface area contributed by atoms with E-state index in [4.69, 9.17) is 16.3 Å². The quantitative estimate of drug-likeness (QED) is 0.815. The Hall–Kier alpha value is -1.83. The first-order chi connectivity index (χ1) is 12.5. The van der Waals surface area contributed by atoms with Gasteiger partial charge in [0.05, 0.1) is 18.8 Å². The predicted molar refractivity (Wildman–Crippen MR) is 107 cm³/mol. The summed E-state index contributed by atoms with van der Waals surface area (Å²) in [5, 5.41) is 12.3. The topological polar surface area (TPSA) is 72.3 Å². The molecule has 9 heteroatoms. The number of hydrogen-bond acceptors (Lipinski definition) is 5. The molecule has 0 unspecified atom stereocenters. The molecule has 2 heterocycles. The van der Waals surface area contributed by atoms with Gasteiger partial charge in [-0.25, -0.2) is 4.68 Å². The molecule has 0 aliphatic carbocycles. The van der Waals surface area contributed by atoms with Crippen molar-refractivity contribution in [2.45, 2.75) is 32.4 Å². The molecule has 1 aromatic carbocycles. The maximum Gasteiger partial charge on any atom is 0.276 e. The Morgan fingerprint density at radius 3 is 2.78 bits per heavy atom. The van der Waals surface area contributed by atoms with Gasteiger partial charge in [0.2, 0.25) is 0 Å². The summed E-state index contributed by atoms with van der Waals surface area (Å²) in [4.78, 5) is 14.5. The van der Waals surface area contributed by atoms with Crippen LogP contribution in [-0.4, -0.2) is 53.0 Å². The predicted octanol–water partition coefficient (Wildman–Crippen LogP) is 2.87. The number of carbonyl (C=O) groups excluding carboxylic acids is 1. The van der Waals surface area contributed by atoms with Crippen LogP contribution in [0.3, 0.4) is 0 Å². The van der Waals surface area contributed by atoms with E-state index in [2.05, 4.69) is 15.6 Å². The van der Waals surface area contributed by atoms with Gasteiger partial charge < -0.3 is 15.0 Å². The molecule has 7 nitrogen and oxygen atoms in total. The highest BCUT2D eigenvalue weighted by molar-refractivity contribution is 6.30. The second-order valence-electron chi connectivity index (χ2n) is 6.57. The summed E-state index contributed by atoms with van der Waals surface area (Å²) in [7, 11) is 3.34. The van der Waals surface area contributed by atoms with Gasteiger partial charge in [0.1, 0.15) is 5.75 Å². The fraction of sp³-hybridized carbons (Fsp3) is 0.500. The standard InChI is InChI=1S/C18H24ClN5O2.ClH/c1-12-17(21-22-24(12)15-6-8-20-9-7-15)18(25)23(2)11-13-10-14(19)4-5-16(13)26-3;/h4-5,10,15,20H,6-9,11H2,1-3H3;1H. The van der Waals surface area contributed by atoms with E-state index in [0.29, 0.717) is 29.1 Å². The van der Waals surface area contributed by atoms with Gasteiger partial charge in [-0.2, -0.15) is 0 Å². The molecule has 0 atom stereocenters. The minimum absolute atomic E-state index is 0. The third-order valence-corrected chi connectivity index (χ3v) is 5.02. The number of nitrogens with one attached hydrogen (secondary N) is 1. The second-order valence-corrected chi connectivity index (χ2v) is 7.00. The Bertz CT molecular complexity index is 790. The number of amides is 1. The molecule has 1 saturated heterocycles. The fourth-order valence-corrected chi connectivity index (χ4v) is 3.51. The third kappa shape index (κ3) is 4.72. The van der Waals surface area contributed by atoms with Crippen LogP contribution in [0.2, 0.25) is 5.02 Å². The van der Waals surface area contributed by atoms with E-state index in [1.165, 1.54) is 0 Å². The number of nitrogens with zero attached hydrogens (tertiary/aromatic N) is 4. The van der Waals surface area contributed by atoms with E-state index >= 15 is 0 Å². The molecule has 1 fully saturated rings. The minimum Gasteiger partial charge on any atom is -0.496 e. The maximum absolute atomic E-state index is 12.9. The van der Waals surface area contributed by atoms with Gasteiger partial charge in [-0.1, -0.05) is 16.8 Å². The van der Waals surface area contributed by atoms with Gasteiger partial charge in [0.15, 0.2) is 5.69 Å². The number of methoxy groups -OCH3 is 1. The van der Waals surface area contributed by atoms with Gasteiger partial charge in [0.25, 0.3) is 5.91 Å². The van der Waals surface area contributed by atoms with Crippen LogP contribution in [0.15, 0.2) is 18.2 Å². The molecule has 3 rings (SSSR count). The molecule has 1 aliphatic heterocycles. The zero-order valence-electron chi connectivity index (χ0n) is 15.7. The zero-order chi connectivity index (χ0) is 18.7. The van der Waals surface area contributed by atoms with Crippen LogP contribution < -0.4 is 10.1 Å². The average Bonchev–Trinajstić information content (AvgIpc) is 3.03. The summed E-state index contributed by atoms with van der Waals surface area (Å²) in [6, 6.07) is 5.67. The maximum atomic E-state index is 12.9. The van der Waals surface area contributed by atoms with E-state index < -0.39 is 0 Å². The highest BCUT2D eigenvalue weighted by Crippen LogP contribution is 2.25. The Balaban J connectivity index is 0.00000261. The number of halogens is 2. The Morgan fingerprint density at radius 2 is 2.11 bits per heavy atom.